The molecule has 0 N–H and O–H groups in total. The highest BCUT2D eigenvalue weighted by Crippen LogP contribution is 2.71. The molecule has 0 saturated heterocycles. The number of aryl methyl sites for hydroxylation is 1. The molecule has 0 unspecified atom stereocenters. The zero-order chi connectivity index (χ0) is 30.5. The summed E-state index contributed by atoms with van der Waals surface area (Å²) in [6.45, 7) is 2.30. The summed E-state index contributed by atoms with van der Waals surface area (Å²) in [5.74, 6) is 0. The van der Waals surface area contributed by atoms with Crippen LogP contribution in [0.25, 0.3) is 19.5 Å². The van der Waals surface area contributed by atoms with Crippen molar-refractivity contribution >= 4 is 151 Å². The minimum atomic E-state index is 1.23. The third-order valence-corrected chi connectivity index (χ3v) is 23.6. The van der Waals surface area contributed by atoms with E-state index < -0.39 is 0 Å². The summed E-state index contributed by atoms with van der Waals surface area (Å²) in [6, 6.07) is 9.42. The van der Waals surface area contributed by atoms with Gasteiger partial charge in [-0.25, -0.2) is 0 Å². The Balaban J connectivity index is 1.13. The standard InChI is InChI=1S/C32H35IS11/c1-4-5-6-7-8-9-10-11-12-13-14-19-15-16-20(36-19)23-25-26(24(38-23)21-17-18-22(33)37-21)40-30-29(39-25)43-32(44-30)31-41-27(34-2)28(35-3)42-31/h15-18H,4-14H2,1-3H3. The first-order valence-corrected chi connectivity index (χ1v) is 25.8. The van der Waals surface area contributed by atoms with Gasteiger partial charge in [-0.15, -0.1) is 57.5 Å². The Kier molecular flexibility index (Phi) is 14.3. The fourth-order valence-electron chi connectivity index (χ4n) is 5.04. The van der Waals surface area contributed by atoms with E-state index in [1.807, 2.05) is 128 Å². The molecule has 0 amide bonds. The topological polar surface area (TPSA) is 0 Å². The highest BCUT2D eigenvalue weighted by molar-refractivity contribution is 14.1. The molecule has 3 aliphatic heterocycles. The van der Waals surface area contributed by atoms with E-state index in [-0.39, 0.29) is 0 Å². The van der Waals surface area contributed by atoms with Crippen molar-refractivity contribution in [3.8, 4) is 19.5 Å². The third kappa shape index (κ3) is 8.76. The lowest BCUT2D eigenvalue weighted by Gasteiger charge is -2.14. The van der Waals surface area contributed by atoms with E-state index in [4.69, 9.17) is 0 Å². The molecule has 6 rings (SSSR count). The number of halogens is 1. The van der Waals surface area contributed by atoms with Crippen LogP contribution in [0, 0.1) is 2.88 Å². The van der Waals surface area contributed by atoms with Crippen molar-refractivity contribution in [2.75, 3.05) is 12.5 Å². The summed E-state index contributed by atoms with van der Waals surface area (Å²) in [7, 11) is 0. The van der Waals surface area contributed by atoms with Crippen LogP contribution < -0.4 is 0 Å². The number of unbranched alkanes of at least 4 members (excludes halogenated alkanes) is 9. The maximum absolute atomic E-state index is 2.47. The molecule has 0 atom stereocenters. The summed E-state index contributed by atoms with van der Waals surface area (Å²) in [4.78, 5) is 10.3. The molecule has 0 bridgehead atoms. The molecule has 0 nitrogen and oxygen atoms in total. The lowest BCUT2D eigenvalue weighted by Crippen LogP contribution is -1.84. The van der Waals surface area contributed by atoms with Crippen molar-refractivity contribution in [1.29, 1.82) is 0 Å². The second-order valence-corrected chi connectivity index (χ2v) is 24.9. The minimum Gasteiger partial charge on any atom is -0.139 e. The van der Waals surface area contributed by atoms with Crippen LogP contribution in [-0.2, 0) is 6.42 Å². The SMILES string of the molecule is CCCCCCCCCCCCc1ccc(-c2sc(-c3ccc(I)s3)c3c2SC2=C(SC(=C4SC(SC)=C(SC)S4)S2)S3)s1. The summed E-state index contributed by atoms with van der Waals surface area (Å²) < 4.78 is 10.2. The number of hydrogen-bond donors (Lipinski definition) is 0. The number of thioether (sulfide) groups is 8. The third-order valence-electron chi connectivity index (χ3n) is 7.28. The minimum absolute atomic E-state index is 1.23. The molecule has 6 heterocycles. The summed E-state index contributed by atoms with van der Waals surface area (Å²) in [5, 5.41) is 0. The Bertz CT molecular complexity index is 1540. The van der Waals surface area contributed by atoms with Gasteiger partial charge in [0.1, 0.15) is 0 Å². The van der Waals surface area contributed by atoms with Gasteiger partial charge in [0, 0.05) is 24.4 Å². The van der Waals surface area contributed by atoms with Crippen molar-refractivity contribution < 1.29 is 0 Å². The molecule has 3 aromatic rings. The molecular weight excluding hydrogens is 864 g/mol. The lowest BCUT2D eigenvalue weighted by molar-refractivity contribution is 0.557. The van der Waals surface area contributed by atoms with Crippen molar-refractivity contribution in [3.05, 3.63) is 57.4 Å². The predicted octanol–water partition coefficient (Wildman–Crippen LogP) is 16.5. The van der Waals surface area contributed by atoms with Crippen LogP contribution in [0.15, 0.2) is 59.5 Å². The Morgan fingerprint density at radius 3 is 1.59 bits per heavy atom. The van der Waals surface area contributed by atoms with Crippen LogP contribution in [0.2, 0.25) is 0 Å². The van der Waals surface area contributed by atoms with Crippen LogP contribution in [-0.4, -0.2) is 12.5 Å². The Morgan fingerprint density at radius 2 is 1.05 bits per heavy atom. The molecular formula is C32H35IS11. The number of thiophene rings is 3. The average molecular weight is 899 g/mol. The molecule has 0 aromatic carbocycles. The number of hydrogen-bond acceptors (Lipinski definition) is 11. The van der Waals surface area contributed by atoms with Crippen molar-refractivity contribution in [3.63, 3.8) is 0 Å². The van der Waals surface area contributed by atoms with Crippen LogP contribution in [0.5, 0.6) is 0 Å². The Labute approximate surface area is 323 Å². The first-order valence-electron chi connectivity index (χ1n) is 15.0. The molecule has 12 heteroatoms. The van der Waals surface area contributed by atoms with Gasteiger partial charge in [-0.3, -0.25) is 0 Å². The van der Waals surface area contributed by atoms with Gasteiger partial charge in [-0.05, 0) is 72.2 Å². The van der Waals surface area contributed by atoms with Crippen molar-refractivity contribution in [2.45, 2.75) is 87.3 Å². The van der Waals surface area contributed by atoms with Gasteiger partial charge < -0.3 is 0 Å². The highest BCUT2D eigenvalue weighted by Gasteiger charge is 2.36. The molecule has 3 aliphatic rings. The largest absolute Gasteiger partial charge is 0.139 e. The quantitative estimate of drug-likeness (QED) is 0.108. The predicted molar refractivity (Wildman–Crippen MR) is 229 cm³/mol. The molecule has 0 radical (unpaired) electrons. The number of fused-ring (bicyclic) bond motifs is 1. The van der Waals surface area contributed by atoms with Gasteiger partial charge in [0.15, 0.2) is 0 Å². The number of rotatable bonds is 15. The zero-order valence-electron chi connectivity index (χ0n) is 25.0. The second-order valence-electron chi connectivity index (χ2n) is 10.5. The zero-order valence-corrected chi connectivity index (χ0v) is 36.1. The summed E-state index contributed by atoms with van der Waals surface area (Å²) in [5.41, 5.74) is 0. The molecule has 0 spiro atoms. The monoisotopic (exact) mass is 898 g/mol. The van der Waals surface area contributed by atoms with E-state index in [9.17, 15) is 0 Å². The Hall–Kier alpha value is 1.85. The molecule has 236 valence electrons. The average Bonchev–Trinajstić information content (AvgIpc) is 3.86. The highest BCUT2D eigenvalue weighted by atomic mass is 127. The van der Waals surface area contributed by atoms with Gasteiger partial charge in [-0.2, -0.15) is 0 Å². The second kappa shape index (κ2) is 17.7. The molecule has 3 aromatic heterocycles. The van der Waals surface area contributed by atoms with Gasteiger partial charge >= 0.3 is 0 Å². The van der Waals surface area contributed by atoms with Crippen LogP contribution in [0.1, 0.15) is 76.0 Å². The Morgan fingerprint density at radius 1 is 0.545 bits per heavy atom. The maximum Gasteiger partial charge on any atom is 0.0718 e. The van der Waals surface area contributed by atoms with Crippen molar-refractivity contribution in [1.82, 2.24) is 0 Å². The summed E-state index contributed by atoms with van der Waals surface area (Å²) >= 11 is 24.3. The van der Waals surface area contributed by atoms with Crippen LogP contribution in [0.4, 0.5) is 0 Å². The molecule has 0 aliphatic carbocycles. The van der Waals surface area contributed by atoms with Crippen molar-refractivity contribution in [2.24, 2.45) is 0 Å². The maximum atomic E-state index is 2.47. The van der Waals surface area contributed by atoms with E-state index in [1.54, 1.807) is 4.88 Å². The van der Waals surface area contributed by atoms with E-state index in [1.165, 1.54) is 128 Å². The smallest absolute Gasteiger partial charge is 0.0718 e. The van der Waals surface area contributed by atoms with Crippen LogP contribution in [0.3, 0.4) is 0 Å². The van der Waals surface area contributed by atoms with Gasteiger partial charge in [0.05, 0.1) is 38.1 Å². The normalized spacial score (nSPS) is 16.5. The van der Waals surface area contributed by atoms with Crippen LogP contribution >= 0.6 is 151 Å². The van der Waals surface area contributed by atoms with Gasteiger partial charge in [0.25, 0.3) is 0 Å². The summed E-state index contributed by atoms with van der Waals surface area (Å²) in [6.07, 6.45) is 19.6. The fourth-order valence-corrected chi connectivity index (χ4v) is 21.0. The van der Waals surface area contributed by atoms with E-state index in [0.29, 0.717) is 0 Å². The van der Waals surface area contributed by atoms with E-state index in [0.717, 1.165) is 0 Å². The molecule has 0 fully saturated rings. The lowest BCUT2D eigenvalue weighted by atomic mass is 10.1. The first kappa shape index (κ1) is 35.7. The molecule has 44 heavy (non-hydrogen) atoms. The van der Waals surface area contributed by atoms with Gasteiger partial charge in [0.2, 0.25) is 0 Å². The molecule has 0 saturated carbocycles. The van der Waals surface area contributed by atoms with Gasteiger partial charge in [-0.1, -0.05) is 135 Å². The van der Waals surface area contributed by atoms with E-state index >= 15 is 0 Å². The van der Waals surface area contributed by atoms with E-state index in [2.05, 4.69) is 66.3 Å². The first-order chi connectivity index (χ1) is 21.6. The fraction of sp³-hybridized carbons (Fsp3) is 0.438.